The summed E-state index contributed by atoms with van der Waals surface area (Å²) in [5.41, 5.74) is 0.654. The highest BCUT2D eigenvalue weighted by Crippen LogP contribution is 2.23. The van der Waals surface area contributed by atoms with E-state index in [2.05, 4.69) is 17.2 Å². The standard InChI is InChI=1S/C13H18N2O.C2H6/c1-10-4-6-12(7-5-10)15-13(16)11-3-2-8-14-9-11;1-2/h2-3,8-10,12H,4-7H2,1H3,(H,15,16);1-2H3. The van der Waals surface area contributed by atoms with E-state index in [0.29, 0.717) is 11.6 Å². The summed E-state index contributed by atoms with van der Waals surface area (Å²) in [7, 11) is 0. The molecule has 1 aliphatic rings. The second-order valence-electron chi connectivity index (χ2n) is 4.67. The fourth-order valence-electron chi connectivity index (χ4n) is 2.17. The molecule has 1 heterocycles. The molecule has 3 heteroatoms. The van der Waals surface area contributed by atoms with Crippen molar-refractivity contribution in [3.8, 4) is 0 Å². The topological polar surface area (TPSA) is 42.0 Å². The summed E-state index contributed by atoms with van der Waals surface area (Å²) >= 11 is 0. The van der Waals surface area contributed by atoms with Crippen LogP contribution in [-0.2, 0) is 0 Å². The van der Waals surface area contributed by atoms with Crippen LogP contribution in [0.1, 0.15) is 56.8 Å². The molecule has 1 aromatic rings. The smallest absolute Gasteiger partial charge is 0.253 e. The highest BCUT2D eigenvalue weighted by molar-refractivity contribution is 5.93. The van der Waals surface area contributed by atoms with E-state index < -0.39 is 0 Å². The quantitative estimate of drug-likeness (QED) is 0.871. The van der Waals surface area contributed by atoms with Gasteiger partial charge in [0.2, 0.25) is 0 Å². The van der Waals surface area contributed by atoms with E-state index in [1.165, 1.54) is 12.8 Å². The molecular weight excluding hydrogens is 224 g/mol. The maximum atomic E-state index is 11.8. The van der Waals surface area contributed by atoms with Gasteiger partial charge in [-0.15, -0.1) is 0 Å². The summed E-state index contributed by atoms with van der Waals surface area (Å²) in [6, 6.07) is 3.94. The Kier molecular flexibility index (Phi) is 6.40. The van der Waals surface area contributed by atoms with Gasteiger partial charge < -0.3 is 5.32 Å². The minimum Gasteiger partial charge on any atom is -0.349 e. The largest absolute Gasteiger partial charge is 0.349 e. The van der Waals surface area contributed by atoms with Gasteiger partial charge in [-0.25, -0.2) is 0 Å². The van der Waals surface area contributed by atoms with E-state index in [9.17, 15) is 4.79 Å². The van der Waals surface area contributed by atoms with E-state index in [1.807, 2.05) is 13.8 Å². The van der Waals surface area contributed by atoms with Gasteiger partial charge in [0.15, 0.2) is 0 Å². The number of hydrogen-bond donors (Lipinski definition) is 1. The van der Waals surface area contributed by atoms with E-state index in [-0.39, 0.29) is 5.91 Å². The highest BCUT2D eigenvalue weighted by atomic mass is 16.1. The van der Waals surface area contributed by atoms with Crippen LogP contribution in [0.5, 0.6) is 0 Å². The lowest BCUT2D eigenvalue weighted by Gasteiger charge is -2.26. The summed E-state index contributed by atoms with van der Waals surface area (Å²) < 4.78 is 0. The molecular formula is C15H24N2O. The highest BCUT2D eigenvalue weighted by Gasteiger charge is 2.20. The Morgan fingerprint density at radius 3 is 2.50 bits per heavy atom. The fourth-order valence-corrected chi connectivity index (χ4v) is 2.17. The number of hydrogen-bond acceptors (Lipinski definition) is 2. The molecule has 1 fully saturated rings. The third kappa shape index (κ3) is 4.47. The Hall–Kier alpha value is -1.38. The first-order valence-corrected chi connectivity index (χ1v) is 6.96. The minimum atomic E-state index is 0.00709. The van der Waals surface area contributed by atoms with Crippen LogP contribution < -0.4 is 5.32 Å². The summed E-state index contributed by atoms with van der Waals surface area (Å²) in [4.78, 5) is 15.8. The van der Waals surface area contributed by atoms with Crippen molar-refractivity contribution < 1.29 is 4.79 Å². The second-order valence-corrected chi connectivity index (χ2v) is 4.67. The first-order chi connectivity index (χ1) is 8.75. The van der Waals surface area contributed by atoms with Gasteiger partial charge in [-0.05, 0) is 43.7 Å². The molecule has 0 aromatic carbocycles. The molecule has 0 atom stereocenters. The Morgan fingerprint density at radius 2 is 1.94 bits per heavy atom. The molecule has 0 radical (unpaired) electrons. The van der Waals surface area contributed by atoms with Gasteiger partial charge in [0.05, 0.1) is 5.56 Å². The van der Waals surface area contributed by atoms with Crippen molar-refractivity contribution in [3.05, 3.63) is 30.1 Å². The third-order valence-corrected chi connectivity index (χ3v) is 3.27. The molecule has 0 bridgehead atoms. The SMILES string of the molecule is CC.CC1CCC(NC(=O)c2cccnc2)CC1. The molecule has 0 spiro atoms. The molecule has 1 N–H and O–H groups in total. The number of amides is 1. The predicted octanol–water partition coefficient (Wildman–Crippen LogP) is 3.42. The van der Waals surface area contributed by atoms with Crippen molar-refractivity contribution in [2.24, 2.45) is 5.92 Å². The Balaban J connectivity index is 0.000000771. The zero-order chi connectivity index (χ0) is 13.4. The fraction of sp³-hybridized carbons (Fsp3) is 0.600. The Labute approximate surface area is 110 Å². The van der Waals surface area contributed by atoms with Crippen LogP contribution in [0.2, 0.25) is 0 Å². The van der Waals surface area contributed by atoms with E-state index in [1.54, 1.807) is 24.5 Å². The van der Waals surface area contributed by atoms with Crippen LogP contribution in [0.3, 0.4) is 0 Å². The lowest BCUT2D eigenvalue weighted by molar-refractivity contribution is 0.0922. The van der Waals surface area contributed by atoms with Crippen LogP contribution >= 0.6 is 0 Å². The third-order valence-electron chi connectivity index (χ3n) is 3.27. The van der Waals surface area contributed by atoms with Crippen LogP contribution in [0.4, 0.5) is 0 Å². The molecule has 1 saturated carbocycles. The van der Waals surface area contributed by atoms with Gasteiger partial charge in [0, 0.05) is 18.4 Å². The molecule has 1 amide bonds. The van der Waals surface area contributed by atoms with Crippen molar-refractivity contribution in [1.82, 2.24) is 10.3 Å². The van der Waals surface area contributed by atoms with Crippen LogP contribution in [0, 0.1) is 5.92 Å². The van der Waals surface area contributed by atoms with Crippen molar-refractivity contribution >= 4 is 5.91 Å². The lowest BCUT2D eigenvalue weighted by Crippen LogP contribution is -2.37. The van der Waals surface area contributed by atoms with Crippen LogP contribution in [-0.4, -0.2) is 16.9 Å². The van der Waals surface area contributed by atoms with Gasteiger partial charge in [-0.3, -0.25) is 9.78 Å². The maximum Gasteiger partial charge on any atom is 0.253 e. The van der Waals surface area contributed by atoms with Crippen molar-refractivity contribution in [2.45, 2.75) is 52.5 Å². The minimum absolute atomic E-state index is 0.00709. The zero-order valence-electron chi connectivity index (χ0n) is 11.6. The van der Waals surface area contributed by atoms with E-state index in [0.717, 1.165) is 18.8 Å². The number of rotatable bonds is 2. The van der Waals surface area contributed by atoms with Gasteiger partial charge in [-0.2, -0.15) is 0 Å². The lowest BCUT2D eigenvalue weighted by atomic mass is 9.87. The van der Waals surface area contributed by atoms with Crippen molar-refractivity contribution in [2.75, 3.05) is 0 Å². The summed E-state index contributed by atoms with van der Waals surface area (Å²) in [6.07, 6.45) is 7.94. The Bertz CT molecular complexity index is 343. The van der Waals surface area contributed by atoms with E-state index >= 15 is 0 Å². The normalized spacial score (nSPS) is 22.6. The summed E-state index contributed by atoms with van der Waals surface area (Å²) in [5, 5.41) is 3.08. The average Bonchev–Trinajstić information content (AvgIpc) is 2.44. The molecule has 0 saturated heterocycles. The summed E-state index contributed by atoms with van der Waals surface area (Å²) in [6.45, 7) is 6.28. The number of pyridine rings is 1. The van der Waals surface area contributed by atoms with E-state index in [4.69, 9.17) is 0 Å². The Morgan fingerprint density at radius 1 is 1.28 bits per heavy atom. The van der Waals surface area contributed by atoms with Crippen LogP contribution in [0.25, 0.3) is 0 Å². The molecule has 2 rings (SSSR count). The van der Waals surface area contributed by atoms with Gasteiger partial charge in [0.25, 0.3) is 5.91 Å². The second kappa shape index (κ2) is 7.85. The number of carbonyl (C=O) groups is 1. The van der Waals surface area contributed by atoms with Gasteiger partial charge in [0.1, 0.15) is 0 Å². The molecule has 0 unspecified atom stereocenters. The van der Waals surface area contributed by atoms with Gasteiger partial charge >= 0.3 is 0 Å². The maximum absolute atomic E-state index is 11.8. The molecule has 1 aromatic heterocycles. The first kappa shape index (κ1) is 14.7. The molecule has 1 aliphatic carbocycles. The van der Waals surface area contributed by atoms with Crippen LogP contribution in [0.15, 0.2) is 24.5 Å². The molecule has 100 valence electrons. The summed E-state index contributed by atoms with van der Waals surface area (Å²) in [5.74, 6) is 0.819. The van der Waals surface area contributed by atoms with Crippen molar-refractivity contribution in [3.63, 3.8) is 0 Å². The number of nitrogens with one attached hydrogen (secondary N) is 1. The average molecular weight is 248 g/mol. The predicted molar refractivity (Wildman–Crippen MR) is 74.5 cm³/mol. The molecule has 0 aliphatic heterocycles. The molecule has 3 nitrogen and oxygen atoms in total. The molecule has 18 heavy (non-hydrogen) atoms. The van der Waals surface area contributed by atoms with Gasteiger partial charge in [-0.1, -0.05) is 20.8 Å². The number of aromatic nitrogens is 1. The monoisotopic (exact) mass is 248 g/mol. The first-order valence-electron chi connectivity index (χ1n) is 6.96. The number of nitrogens with zero attached hydrogens (tertiary/aromatic N) is 1. The number of carbonyl (C=O) groups excluding carboxylic acids is 1. The van der Waals surface area contributed by atoms with Crippen molar-refractivity contribution in [1.29, 1.82) is 0 Å². The zero-order valence-corrected chi connectivity index (χ0v) is 11.6.